The van der Waals surface area contributed by atoms with Crippen molar-refractivity contribution in [1.29, 1.82) is 0 Å². The van der Waals surface area contributed by atoms with Crippen LogP contribution in [-0.4, -0.2) is 61.4 Å². The number of nitrogens with zero attached hydrogens (tertiary/aromatic N) is 2. The SMILES string of the molecule is CN(CC(=O)N1CCNCC1)C(=O)c1ccccc1F. The van der Waals surface area contributed by atoms with Gasteiger partial charge in [-0.2, -0.15) is 0 Å². The fraction of sp³-hybridized carbons (Fsp3) is 0.429. The second-order valence-electron chi connectivity index (χ2n) is 4.77. The summed E-state index contributed by atoms with van der Waals surface area (Å²) in [4.78, 5) is 27.1. The third kappa shape index (κ3) is 3.33. The monoisotopic (exact) mass is 279 g/mol. The molecule has 1 aliphatic heterocycles. The Hall–Kier alpha value is -1.95. The van der Waals surface area contributed by atoms with Crippen molar-refractivity contribution < 1.29 is 14.0 Å². The lowest BCUT2D eigenvalue weighted by Crippen LogP contribution is -2.49. The third-order valence-electron chi connectivity index (χ3n) is 3.29. The predicted molar refractivity (Wildman–Crippen MR) is 72.8 cm³/mol. The van der Waals surface area contributed by atoms with Gasteiger partial charge in [0.15, 0.2) is 0 Å². The number of benzene rings is 1. The molecule has 1 aromatic rings. The molecule has 108 valence electrons. The average molecular weight is 279 g/mol. The van der Waals surface area contributed by atoms with Crippen molar-refractivity contribution in [2.24, 2.45) is 0 Å². The first-order valence-electron chi connectivity index (χ1n) is 6.58. The van der Waals surface area contributed by atoms with Crippen LogP contribution >= 0.6 is 0 Å². The zero-order valence-electron chi connectivity index (χ0n) is 11.4. The fourth-order valence-electron chi connectivity index (χ4n) is 2.13. The molecule has 1 heterocycles. The van der Waals surface area contributed by atoms with Crippen LogP contribution in [0, 0.1) is 5.82 Å². The molecule has 1 N–H and O–H groups in total. The Morgan fingerprint density at radius 1 is 1.30 bits per heavy atom. The standard InChI is InChI=1S/C14H18FN3O2/c1-17(10-13(19)18-8-6-16-7-9-18)14(20)11-4-2-3-5-12(11)15/h2-5,16H,6-10H2,1H3. The molecule has 0 bridgehead atoms. The molecule has 5 nitrogen and oxygen atoms in total. The van der Waals surface area contributed by atoms with Crippen LogP contribution in [0.3, 0.4) is 0 Å². The molecule has 0 aliphatic carbocycles. The molecule has 0 atom stereocenters. The predicted octanol–water partition coefficient (Wildman–Crippen LogP) is 0.330. The molecule has 20 heavy (non-hydrogen) atoms. The van der Waals surface area contributed by atoms with E-state index in [1.165, 1.54) is 30.1 Å². The number of likely N-dealkylation sites (N-methyl/N-ethyl adjacent to an activating group) is 1. The van der Waals surface area contributed by atoms with E-state index in [1.54, 1.807) is 11.0 Å². The number of hydrogen-bond donors (Lipinski definition) is 1. The average Bonchev–Trinajstić information content (AvgIpc) is 2.48. The number of hydrogen-bond acceptors (Lipinski definition) is 3. The van der Waals surface area contributed by atoms with Crippen molar-refractivity contribution in [3.63, 3.8) is 0 Å². The van der Waals surface area contributed by atoms with Gasteiger partial charge in [-0.3, -0.25) is 9.59 Å². The van der Waals surface area contributed by atoms with Crippen LogP contribution in [0.4, 0.5) is 4.39 Å². The first-order valence-corrected chi connectivity index (χ1v) is 6.58. The highest BCUT2D eigenvalue weighted by Gasteiger charge is 2.22. The number of piperazine rings is 1. The van der Waals surface area contributed by atoms with Crippen LogP contribution in [0.25, 0.3) is 0 Å². The van der Waals surface area contributed by atoms with Gasteiger partial charge in [0.2, 0.25) is 5.91 Å². The van der Waals surface area contributed by atoms with E-state index >= 15 is 0 Å². The van der Waals surface area contributed by atoms with Crippen molar-refractivity contribution in [3.8, 4) is 0 Å². The molecule has 1 aliphatic rings. The Labute approximate surface area is 117 Å². The molecule has 1 fully saturated rings. The largest absolute Gasteiger partial charge is 0.339 e. The molecule has 2 rings (SSSR count). The highest BCUT2D eigenvalue weighted by Crippen LogP contribution is 2.09. The molecule has 0 saturated carbocycles. The number of amides is 2. The maximum atomic E-state index is 13.5. The van der Waals surface area contributed by atoms with Crippen molar-refractivity contribution in [2.75, 3.05) is 39.8 Å². The number of carbonyl (C=O) groups is 2. The molecule has 0 aromatic heterocycles. The van der Waals surface area contributed by atoms with Gasteiger partial charge >= 0.3 is 0 Å². The number of carbonyl (C=O) groups excluding carboxylic acids is 2. The summed E-state index contributed by atoms with van der Waals surface area (Å²) in [6.45, 7) is 2.77. The summed E-state index contributed by atoms with van der Waals surface area (Å²) < 4.78 is 13.5. The first kappa shape index (κ1) is 14.5. The van der Waals surface area contributed by atoms with Gasteiger partial charge < -0.3 is 15.1 Å². The quantitative estimate of drug-likeness (QED) is 0.867. The Balaban J connectivity index is 1.97. The van der Waals surface area contributed by atoms with Crippen LogP contribution in [-0.2, 0) is 4.79 Å². The Kier molecular flexibility index (Phi) is 4.68. The molecular formula is C14H18FN3O2. The van der Waals surface area contributed by atoms with Crippen LogP contribution in [0.1, 0.15) is 10.4 Å². The number of halogens is 1. The van der Waals surface area contributed by atoms with Crippen LogP contribution in [0.2, 0.25) is 0 Å². The lowest BCUT2D eigenvalue weighted by Gasteiger charge is -2.29. The van der Waals surface area contributed by atoms with E-state index < -0.39 is 11.7 Å². The number of rotatable bonds is 3. The molecule has 2 amide bonds. The first-order chi connectivity index (χ1) is 9.59. The van der Waals surface area contributed by atoms with Gasteiger partial charge in [0.05, 0.1) is 12.1 Å². The van der Waals surface area contributed by atoms with Gasteiger partial charge in [-0.25, -0.2) is 4.39 Å². The molecule has 1 aromatic carbocycles. The summed E-state index contributed by atoms with van der Waals surface area (Å²) in [6.07, 6.45) is 0. The highest BCUT2D eigenvalue weighted by atomic mass is 19.1. The van der Waals surface area contributed by atoms with Gasteiger partial charge in [-0.05, 0) is 12.1 Å². The lowest BCUT2D eigenvalue weighted by atomic mass is 10.2. The summed E-state index contributed by atoms with van der Waals surface area (Å²) in [5.41, 5.74) is -0.0110. The molecule has 1 saturated heterocycles. The van der Waals surface area contributed by atoms with E-state index in [-0.39, 0.29) is 18.0 Å². The van der Waals surface area contributed by atoms with Gasteiger partial charge in [0.1, 0.15) is 5.82 Å². The fourth-order valence-corrected chi connectivity index (χ4v) is 2.13. The van der Waals surface area contributed by atoms with Crippen LogP contribution in [0.15, 0.2) is 24.3 Å². The minimum Gasteiger partial charge on any atom is -0.339 e. The van der Waals surface area contributed by atoms with E-state index in [1.807, 2.05) is 0 Å². The van der Waals surface area contributed by atoms with Crippen molar-refractivity contribution >= 4 is 11.8 Å². The highest BCUT2D eigenvalue weighted by molar-refractivity contribution is 5.96. The second kappa shape index (κ2) is 6.47. The molecule has 0 unspecified atom stereocenters. The van der Waals surface area contributed by atoms with Crippen molar-refractivity contribution in [3.05, 3.63) is 35.6 Å². The summed E-state index contributed by atoms with van der Waals surface area (Å²) >= 11 is 0. The number of nitrogens with one attached hydrogen (secondary N) is 1. The molecule has 0 spiro atoms. The van der Waals surface area contributed by atoms with E-state index in [9.17, 15) is 14.0 Å². The van der Waals surface area contributed by atoms with Crippen LogP contribution < -0.4 is 5.32 Å². The second-order valence-corrected chi connectivity index (χ2v) is 4.77. The smallest absolute Gasteiger partial charge is 0.257 e. The Morgan fingerprint density at radius 2 is 1.95 bits per heavy atom. The maximum Gasteiger partial charge on any atom is 0.257 e. The topological polar surface area (TPSA) is 52.7 Å². The third-order valence-corrected chi connectivity index (χ3v) is 3.29. The zero-order chi connectivity index (χ0) is 14.5. The summed E-state index contributed by atoms with van der Waals surface area (Å²) in [6, 6.07) is 5.78. The summed E-state index contributed by atoms with van der Waals surface area (Å²) in [7, 11) is 1.51. The van der Waals surface area contributed by atoms with Crippen molar-refractivity contribution in [2.45, 2.75) is 0 Å². The molecular weight excluding hydrogens is 261 g/mol. The molecule has 6 heteroatoms. The van der Waals surface area contributed by atoms with E-state index in [0.29, 0.717) is 13.1 Å². The Morgan fingerprint density at radius 3 is 2.60 bits per heavy atom. The normalized spacial score (nSPS) is 15.0. The van der Waals surface area contributed by atoms with E-state index in [2.05, 4.69) is 5.32 Å². The summed E-state index contributed by atoms with van der Waals surface area (Å²) in [5.74, 6) is -1.16. The van der Waals surface area contributed by atoms with E-state index in [0.717, 1.165) is 13.1 Å². The van der Waals surface area contributed by atoms with Gasteiger partial charge in [-0.1, -0.05) is 12.1 Å². The summed E-state index contributed by atoms with van der Waals surface area (Å²) in [5, 5.41) is 3.15. The van der Waals surface area contributed by atoms with E-state index in [4.69, 9.17) is 0 Å². The van der Waals surface area contributed by atoms with Crippen LogP contribution in [0.5, 0.6) is 0 Å². The maximum absolute atomic E-state index is 13.5. The van der Waals surface area contributed by atoms with Gasteiger partial charge in [-0.15, -0.1) is 0 Å². The molecule has 0 radical (unpaired) electrons. The van der Waals surface area contributed by atoms with Gasteiger partial charge in [0.25, 0.3) is 5.91 Å². The lowest BCUT2D eigenvalue weighted by molar-refractivity contribution is -0.132. The Bertz CT molecular complexity index is 501. The minimum atomic E-state index is -0.570. The zero-order valence-corrected chi connectivity index (χ0v) is 11.4. The minimum absolute atomic E-state index is 0.0110. The van der Waals surface area contributed by atoms with Gasteiger partial charge in [0, 0.05) is 33.2 Å². The van der Waals surface area contributed by atoms with Crippen molar-refractivity contribution in [1.82, 2.24) is 15.1 Å².